The number of aliphatic carboxylic acids is 1. The lowest BCUT2D eigenvalue weighted by Crippen LogP contribution is -2.46. The summed E-state index contributed by atoms with van der Waals surface area (Å²) in [7, 11) is 0. The van der Waals surface area contributed by atoms with Gasteiger partial charge >= 0.3 is 5.97 Å². The Labute approximate surface area is 188 Å². The van der Waals surface area contributed by atoms with E-state index in [-0.39, 0.29) is 43.7 Å². The van der Waals surface area contributed by atoms with E-state index in [4.69, 9.17) is 4.74 Å². The van der Waals surface area contributed by atoms with E-state index in [2.05, 4.69) is 10.6 Å². The zero-order valence-electron chi connectivity index (χ0n) is 19.5. The van der Waals surface area contributed by atoms with Crippen molar-refractivity contribution in [2.45, 2.75) is 83.9 Å². The van der Waals surface area contributed by atoms with Crippen LogP contribution in [0.4, 0.5) is 0 Å². The second-order valence-corrected chi connectivity index (χ2v) is 9.40. The third kappa shape index (κ3) is 10.5. The van der Waals surface area contributed by atoms with Crippen molar-refractivity contribution in [2.24, 2.45) is 0 Å². The maximum Gasteiger partial charge on any atom is 0.326 e. The SMILES string of the molecule is CC(C)(CCOC(C)(C)C)NC(=O)CC[C@H](NC(=O)CCCN1C(=O)C=CC1=O)C(=O)O. The fraction of sp³-hybridized carbons (Fsp3) is 0.682. The van der Waals surface area contributed by atoms with Crippen molar-refractivity contribution in [2.75, 3.05) is 13.2 Å². The number of hydrogen-bond acceptors (Lipinski definition) is 6. The van der Waals surface area contributed by atoms with Gasteiger partial charge in [-0.15, -0.1) is 0 Å². The number of nitrogens with one attached hydrogen (secondary N) is 2. The molecule has 32 heavy (non-hydrogen) atoms. The average Bonchev–Trinajstić information content (AvgIpc) is 2.95. The number of nitrogens with zero attached hydrogens (tertiary/aromatic N) is 1. The molecule has 10 nitrogen and oxygen atoms in total. The number of ether oxygens (including phenoxy) is 1. The number of carbonyl (C=O) groups is 5. The number of carbonyl (C=O) groups excluding carboxylic acids is 4. The van der Waals surface area contributed by atoms with Crippen LogP contribution in [0.5, 0.6) is 0 Å². The normalized spacial score (nSPS) is 15.1. The molecule has 0 aliphatic carbocycles. The molecule has 1 heterocycles. The first-order valence-corrected chi connectivity index (χ1v) is 10.7. The Balaban J connectivity index is 2.39. The third-order valence-corrected chi connectivity index (χ3v) is 4.72. The van der Waals surface area contributed by atoms with Crippen molar-refractivity contribution in [1.29, 1.82) is 0 Å². The van der Waals surface area contributed by atoms with Crippen LogP contribution >= 0.6 is 0 Å². The summed E-state index contributed by atoms with van der Waals surface area (Å²) in [5, 5.41) is 14.6. The van der Waals surface area contributed by atoms with E-state index in [1.54, 1.807) is 0 Å². The molecule has 0 fully saturated rings. The largest absolute Gasteiger partial charge is 0.480 e. The molecular weight excluding hydrogens is 418 g/mol. The molecule has 0 aromatic carbocycles. The first-order valence-electron chi connectivity index (χ1n) is 10.7. The smallest absolute Gasteiger partial charge is 0.326 e. The van der Waals surface area contributed by atoms with E-state index in [9.17, 15) is 29.1 Å². The van der Waals surface area contributed by atoms with Gasteiger partial charge in [-0.25, -0.2) is 4.79 Å². The van der Waals surface area contributed by atoms with Crippen LogP contribution in [0.15, 0.2) is 12.2 Å². The highest BCUT2D eigenvalue weighted by molar-refractivity contribution is 6.12. The Morgan fingerprint density at radius 2 is 1.62 bits per heavy atom. The first-order chi connectivity index (χ1) is 14.7. The van der Waals surface area contributed by atoms with Crippen molar-refractivity contribution in [3.8, 4) is 0 Å². The molecular formula is C22H35N3O7. The van der Waals surface area contributed by atoms with Crippen LogP contribution in [0.2, 0.25) is 0 Å². The lowest BCUT2D eigenvalue weighted by molar-refractivity contribution is -0.142. The van der Waals surface area contributed by atoms with E-state index < -0.39 is 35.3 Å². The summed E-state index contributed by atoms with van der Waals surface area (Å²) < 4.78 is 5.68. The molecule has 0 unspecified atom stereocenters. The van der Waals surface area contributed by atoms with Crippen LogP contribution in [0.1, 0.15) is 66.7 Å². The summed E-state index contributed by atoms with van der Waals surface area (Å²) in [4.78, 5) is 59.8. The van der Waals surface area contributed by atoms with E-state index in [0.29, 0.717) is 13.0 Å². The lowest BCUT2D eigenvalue weighted by Gasteiger charge is -2.28. The van der Waals surface area contributed by atoms with Crippen LogP contribution in [-0.4, -0.2) is 69.9 Å². The Morgan fingerprint density at radius 3 is 2.16 bits per heavy atom. The minimum absolute atomic E-state index is 0.0478. The van der Waals surface area contributed by atoms with E-state index >= 15 is 0 Å². The van der Waals surface area contributed by atoms with Crippen LogP contribution in [0.3, 0.4) is 0 Å². The molecule has 0 bridgehead atoms. The first kappa shape index (κ1) is 27.3. The summed E-state index contributed by atoms with van der Waals surface area (Å²) in [5.41, 5.74) is -0.799. The molecule has 1 rings (SSSR count). The maximum atomic E-state index is 12.3. The van der Waals surface area contributed by atoms with Gasteiger partial charge in [-0.1, -0.05) is 0 Å². The molecule has 4 amide bonds. The van der Waals surface area contributed by atoms with Crippen molar-refractivity contribution in [1.82, 2.24) is 15.5 Å². The number of rotatable bonds is 13. The predicted octanol–water partition coefficient (Wildman–Crippen LogP) is 1.14. The molecule has 1 atom stereocenters. The monoisotopic (exact) mass is 453 g/mol. The maximum absolute atomic E-state index is 12.3. The molecule has 10 heteroatoms. The van der Waals surface area contributed by atoms with Gasteiger partial charge < -0.3 is 20.5 Å². The van der Waals surface area contributed by atoms with Gasteiger partial charge in [0.05, 0.1) is 5.60 Å². The number of amides is 4. The average molecular weight is 454 g/mol. The molecule has 180 valence electrons. The van der Waals surface area contributed by atoms with Crippen molar-refractivity contribution in [3.63, 3.8) is 0 Å². The molecule has 0 saturated carbocycles. The molecule has 1 aliphatic rings. The number of carboxylic acid groups (broad SMARTS) is 1. The molecule has 0 aromatic rings. The minimum atomic E-state index is -1.24. The number of imide groups is 1. The van der Waals surface area contributed by atoms with Crippen LogP contribution < -0.4 is 10.6 Å². The highest BCUT2D eigenvalue weighted by Gasteiger charge is 2.26. The summed E-state index contributed by atoms with van der Waals surface area (Å²) in [5.74, 6) is -2.94. The van der Waals surface area contributed by atoms with E-state index in [1.165, 1.54) is 0 Å². The van der Waals surface area contributed by atoms with E-state index in [1.807, 2.05) is 34.6 Å². The fourth-order valence-corrected chi connectivity index (χ4v) is 2.96. The molecule has 0 aromatic heterocycles. The van der Waals surface area contributed by atoms with Gasteiger partial charge in [0.25, 0.3) is 11.8 Å². The van der Waals surface area contributed by atoms with Crippen molar-refractivity contribution >= 4 is 29.6 Å². The Hall–Kier alpha value is -2.75. The Morgan fingerprint density at radius 1 is 1.03 bits per heavy atom. The Kier molecular flexibility index (Phi) is 10.0. The molecule has 0 saturated heterocycles. The van der Waals surface area contributed by atoms with Gasteiger partial charge in [0.15, 0.2) is 0 Å². The molecule has 0 spiro atoms. The summed E-state index contributed by atoms with van der Waals surface area (Å²) in [6, 6.07) is -1.21. The van der Waals surface area contributed by atoms with Gasteiger partial charge in [-0.05, 0) is 53.9 Å². The topological polar surface area (TPSA) is 142 Å². The summed E-state index contributed by atoms with van der Waals surface area (Å²) in [6.07, 6.45) is 2.94. The zero-order valence-corrected chi connectivity index (χ0v) is 19.5. The molecule has 1 aliphatic heterocycles. The number of hydrogen-bond donors (Lipinski definition) is 3. The van der Waals surface area contributed by atoms with Crippen LogP contribution in [0, 0.1) is 0 Å². The highest BCUT2D eigenvalue weighted by atomic mass is 16.5. The highest BCUT2D eigenvalue weighted by Crippen LogP contribution is 2.14. The van der Waals surface area contributed by atoms with Crippen LogP contribution in [0.25, 0.3) is 0 Å². The molecule has 3 N–H and O–H groups in total. The zero-order chi connectivity index (χ0) is 24.5. The van der Waals surface area contributed by atoms with Crippen LogP contribution in [-0.2, 0) is 28.7 Å². The van der Waals surface area contributed by atoms with Crippen molar-refractivity contribution < 1.29 is 33.8 Å². The van der Waals surface area contributed by atoms with Crippen molar-refractivity contribution in [3.05, 3.63) is 12.2 Å². The van der Waals surface area contributed by atoms with E-state index in [0.717, 1.165) is 17.1 Å². The van der Waals surface area contributed by atoms with Gasteiger partial charge in [0.1, 0.15) is 6.04 Å². The Bertz CT molecular complexity index is 735. The molecule has 0 radical (unpaired) electrons. The minimum Gasteiger partial charge on any atom is -0.480 e. The van der Waals surface area contributed by atoms with Gasteiger partial charge in [0.2, 0.25) is 11.8 Å². The number of carboxylic acids is 1. The van der Waals surface area contributed by atoms with Gasteiger partial charge in [-0.3, -0.25) is 24.1 Å². The predicted molar refractivity (Wildman–Crippen MR) is 116 cm³/mol. The fourth-order valence-electron chi connectivity index (χ4n) is 2.96. The van der Waals surface area contributed by atoms with Gasteiger partial charge in [-0.2, -0.15) is 0 Å². The third-order valence-electron chi connectivity index (χ3n) is 4.72. The van der Waals surface area contributed by atoms with Gasteiger partial charge in [0, 0.05) is 43.7 Å². The second-order valence-electron chi connectivity index (χ2n) is 9.40. The quantitative estimate of drug-likeness (QED) is 0.355. The lowest BCUT2D eigenvalue weighted by atomic mass is 10.00. The standard InChI is InChI=1S/C22H35N3O7/c1-21(2,3)32-14-12-22(4,5)24-17(27)9-8-15(20(30)31)23-16(26)7-6-13-25-18(28)10-11-19(25)29/h10-11,15H,6-9,12-14H2,1-5H3,(H,23,26)(H,24,27)(H,30,31)/t15-/m0/s1. The summed E-state index contributed by atoms with van der Waals surface area (Å²) >= 11 is 0. The summed E-state index contributed by atoms with van der Waals surface area (Å²) in [6.45, 7) is 10.1. The second kappa shape index (κ2) is 11.8.